The lowest BCUT2D eigenvalue weighted by Gasteiger charge is -2.10. The largest absolute Gasteiger partial charge is 0.343 e. The van der Waals surface area contributed by atoms with Crippen molar-refractivity contribution < 1.29 is 4.79 Å². The molecule has 0 bridgehead atoms. The average Bonchev–Trinajstić information content (AvgIpc) is 2.91. The van der Waals surface area contributed by atoms with Gasteiger partial charge in [-0.15, -0.1) is 5.10 Å². The van der Waals surface area contributed by atoms with Crippen LogP contribution >= 0.6 is 11.3 Å². The molecule has 94 valence electrons. The highest BCUT2D eigenvalue weighted by Gasteiger charge is 2.28. The molecule has 1 saturated carbocycles. The normalized spacial score (nSPS) is 16.5. The number of carbonyl (C=O) groups excluding carboxylic acids is 1. The fourth-order valence-electron chi connectivity index (χ4n) is 1.78. The zero-order chi connectivity index (χ0) is 12.5. The monoisotopic (exact) mass is 262 g/mol. The molecule has 2 N–H and O–H groups in total. The van der Waals surface area contributed by atoms with E-state index in [-0.39, 0.29) is 17.8 Å². The number of H-pyrrole nitrogens is 1. The maximum atomic E-state index is 12.0. The smallest absolute Gasteiger partial charge is 0.291 e. The minimum absolute atomic E-state index is 0.0216. The lowest BCUT2D eigenvalue weighted by molar-refractivity contribution is 0.0930. The van der Waals surface area contributed by atoms with Crippen molar-refractivity contribution >= 4 is 17.2 Å². The molecule has 1 aliphatic rings. The van der Waals surface area contributed by atoms with Crippen molar-refractivity contribution in [3.05, 3.63) is 34.0 Å². The molecule has 3 rings (SSSR count). The first-order valence-corrected chi connectivity index (χ1v) is 6.93. The first-order valence-electron chi connectivity index (χ1n) is 5.99. The third-order valence-corrected chi connectivity index (χ3v) is 3.76. The average molecular weight is 262 g/mol. The second-order valence-corrected chi connectivity index (χ2v) is 5.35. The van der Waals surface area contributed by atoms with E-state index in [0.29, 0.717) is 5.92 Å². The van der Waals surface area contributed by atoms with Crippen molar-refractivity contribution in [1.82, 2.24) is 20.5 Å². The van der Waals surface area contributed by atoms with Gasteiger partial charge in [-0.3, -0.25) is 9.89 Å². The van der Waals surface area contributed by atoms with E-state index < -0.39 is 0 Å². The molecule has 1 unspecified atom stereocenters. The fraction of sp³-hybridized carbons (Fsp3) is 0.417. The zero-order valence-corrected chi connectivity index (χ0v) is 10.8. The van der Waals surface area contributed by atoms with Gasteiger partial charge in [0.15, 0.2) is 0 Å². The Morgan fingerprint density at radius 1 is 1.61 bits per heavy atom. The summed E-state index contributed by atoms with van der Waals surface area (Å²) < 4.78 is 0. The number of nitrogens with zero attached hydrogens (tertiary/aromatic N) is 2. The van der Waals surface area contributed by atoms with Gasteiger partial charge in [0.25, 0.3) is 5.91 Å². The number of rotatable bonds is 4. The highest BCUT2D eigenvalue weighted by Crippen LogP contribution is 2.37. The Balaban J connectivity index is 1.66. The molecule has 0 spiro atoms. The Morgan fingerprint density at radius 3 is 3.11 bits per heavy atom. The predicted molar refractivity (Wildman–Crippen MR) is 68.6 cm³/mol. The number of nitrogens with one attached hydrogen (secondary N) is 2. The summed E-state index contributed by atoms with van der Waals surface area (Å²) in [6, 6.07) is 1.98. The highest BCUT2D eigenvalue weighted by molar-refractivity contribution is 7.07. The Bertz CT molecular complexity index is 544. The van der Waals surface area contributed by atoms with E-state index in [2.05, 4.69) is 20.5 Å². The van der Waals surface area contributed by atoms with Crippen LogP contribution in [-0.2, 0) is 0 Å². The van der Waals surface area contributed by atoms with Crippen molar-refractivity contribution in [3.8, 4) is 0 Å². The lowest BCUT2D eigenvalue weighted by Crippen LogP contribution is -2.27. The van der Waals surface area contributed by atoms with Gasteiger partial charge in [0, 0.05) is 5.92 Å². The number of aromatic nitrogens is 3. The minimum atomic E-state index is -0.225. The van der Waals surface area contributed by atoms with Gasteiger partial charge >= 0.3 is 0 Å². The Hall–Kier alpha value is -1.69. The van der Waals surface area contributed by atoms with Crippen LogP contribution in [0.25, 0.3) is 0 Å². The van der Waals surface area contributed by atoms with Crippen LogP contribution < -0.4 is 5.32 Å². The van der Waals surface area contributed by atoms with Crippen molar-refractivity contribution in [1.29, 1.82) is 0 Å². The number of thiophene rings is 1. The first-order chi connectivity index (χ1) is 8.74. The van der Waals surface area contributed by atoms with Gasteiger partial charge in [-0.1, -0.05) is 0 Å². The molecular formula is C12H14N4OS. The topological polar surface area (TPSA) is 70.7 Å². The molecule has 1 fully saturated rings. The van der Waals surface area contributed by atoms with Crippen LogP contribution in [0.15, 0.2) is 16.8 Å². The summed E-state index contributed by atoms with van der Waals surface area (Å²) >= 11 is 1.62. The quantitative estimate of drug-likeness (QED) is 0.887. The Morgan fingerprint density at radius 2 is 2.44 bits per heavy atom. The van der Waals surface area contributed by atoms with Gasteiger partial charge in [-0.25, -0.2) is 4.98 Å². The minimum Gasteiger partial charge on any atom is -0.343 e. The number of amides is 1. The summed E-state index contributed by atoms with van der Waals surface area (Å²) in [5, 5.41) is 13.7. The second-order valence-electron chi connectivity index (χ2n) is 4.57. The number of hydrogen-bond acceptors (Lipinski definition) is 4. The summed E-state index contributed by atoms with van der Waals surface area (Å²) in [4.78, 5) is 16.2. The maximum absolute atomic E-state index is 12.0. The van der Waals surface area contributed by atoms with E-state index in [9.17, 15) is 4.79 Å². The predicted octanol–water partition coefficient (Wildman–Crippen LogP) is 2.23. The SMILES string of the molecule is CC(NC(=O)c1n[nH]c(C2CC2)n1)c1ccsc1. The number of aromatic amines is 1. The van der Waals surface area contributed by atoms with Crippen molar-refractivity contribution in [2.75, 3.05) is 0 Å². The summed E-state index contributed by atoms with van der Waals surface area (Å²) in [6.07, 6.45) is 2.28. The second kappa shape index (κ2) is 4.53. The van der Waals surface area contributed by atoms with E-state index in [1.165, 1.54) is 0 Å². The molecule has 18 heavy (non-hydrogen) atoms. The van der Waals surface area contributed by atoms with Crippen molar-refractivity contribution in [3.63, 3.8) is 0 Å². The number of hydrogen-bond donors (Lipinski definition) is 2. The standard InChI is InChI=1S/C12H14N4OS/c1-7(9-4-5-18-6-9)13-12(17)11-14-10(15-16-11)8-2-3-8/h4-8H,2-3H2,1H3,(H,13,17)(H,14,15,16). The summed E-state index contributed by atoms with van der Waals surface area (Å²) in [5.74, 6) is 1.33. The molecule has 5 nitrogen and oxygen atoms in total. The van der Waals surface area contributed by atoms with Gasteiger partial charge in [-0.2, -0.15) is 11.3 Å². The van der Waals surface area contributed by atoms with Gasteiger partial charge in [-0.05, 0) is 42.2 Å². The van der Waals surface area contributed by atoms with Gasteiger partial charge in [0.2, 0.25) is 5.82 Å². The van der Waals surface area contributed by atoms with Crippen molar-refractivity contribution in [2.24, 2.45) is 0 Å². The Kier molecular flexibility index (Phi) is 2.87. The van der Waals surface area contributed by atoms with Crippen LogP contribution in [0.1, 0.15) is 53.7 Å². The third kappa shape index (κ3) is 2.28. The van der Waals surface area contributed by atoms with Gasteiger partial charge in [0.1, 0.15) is 5.82 Å². The van der Waals surface area contributed by atoms with Crippen LogP contribution in [0.3, 0.4) is 0 Å². The lowest BCUT2D eigenvalue weighted by atomic mass is 10.2. The Labute approximate surface area is 109 Å². The molecule has 1 aliphatic carbocycles. The van der Waals surface area contributed by atoms with Crippen molar-refractivity contribution in [2.45, 2.75) is 31.7 Å². The molecule has 6 heteroatoms. The molecule has 2 aromatic heterocycles. The first kappa shape index (κ1) is 11.4. The molecular weight excluding hydrogens is 248 g/mol. The molecule has 0 aromatic carbocycles. The summed E-state index contributed by atoms with van der Waals surface area (Å²) in [7, 11) is 0. The molecule has 0 saturated heterocycles. The van der Waals surface area contributed by atoms with E-state index in [0.717, 1.165) is 24.2 Å². The van der Waals surface area contributed by atoms with Crippen LogP contribution in [0, 0.1) is 0 Å². The van der Waals surface area contributed by atoms with E-state index in [4.69, 9.17) is 0 Å². The maximum Gasteiger partial charge on any atom is 0.291 e. The fourth-order valence-corrected chi connectivity index (χ4v) is 2.54. The van der Waals surface area contributed by atoms with Crippen LogP contribution in [0.2, 0.25) is 0 Å². The van der Waals surface area contributed by atoms with E-state index in [1.54, 1.807) is 11.3 Å². The molecule has 0 radical (unpaired) electrons. The highest BCUT2D eigenvalue weighted by atomic mass is 32.1. The van der Waals surface area contributed by atoms with Crippen LogP contribution in [-0.4, -0.2) is 21.1 Å². The summed E-state index contributed by atoms with van der Waals surface area (Å²) in [6.45, 7) is 1.95. The van der Waals surface area contributed by atoms with Crippen LogP contribution in [0.4, 0.5) is 0 Å². The third-order valence-electron chi connectivity index (χ3n) is 3.06. The van der Waals surface area contributed by atoms with Gasteiger partial charge < -0.3 is 5.32 Å². The molecule has 0 aliphatic heterocycles. The number of carbonyl (C=O) groups is 1. The molecule has 1 atom stereocenters. The van der Waals surface area contributed by atoms with Crippen LogP contribution in [0.5, 0.6) is 0 Å². The molecule has 2 aromatic rings. The summed E-state index contributed by atoms with van der Waals surface area (Å²) in [5.41, 5.74) is 1.10. The molecule has 2 heterocycles. The van der Waals surface area contributed by atoms with E-state index >= 15 is 0 Å². The molecule has 1 amide bonds. The van der Waals surface area contributed by atoms with Gasteiger partial charge in [0.05, 0.1) is 6.04 Å². The zero-order valence-electron chi connectivity index (χ0n) is 10.0. The van der Waals surface area contributed by atoms with E-state index in [1.807, 2.05) is 23.8 Å².